The molecule has 0 amide bonds. The van der Waals surface area contributed by atoms with Crippen molar-refractivity contribution in [1.82, 2.24) is 0 Å². The summed E-state index contributed by atoms with van der Waals surface area (Å²) in [4.78, 5) is 22.7. The van der Waals surface area contributed by atoms with Crippen LogP contribution in [0.2, 0.25) is 0 Å². The molecule has 1 aromatic carbocycles. The zero-order valence-corrected chi connectivity index (χ0v) is 10.3. The molecule has 0 N–H and O–H groups in total. The van der Waals surface area contributed by atoms with Gasteiger partial charge in [-0.15, -0.1) is 0 Å². The summed E-state index contributed by atoms with van der Waals surface area (Å²) in [5, 5.41) is 0. The van der Waals surface area contributed by atoms with Crippen LogP contribution in [0.5, 0.6) is 0 Å². The molecule has 0 spiro atoms. The Hall–Kier alpha value is -2.10. The van der Waals surface area contributed by atoms with Gasteiger partial charge in [0.15, 0.2) is 0 Å². The molecule has 1 atom stereocenters. The third-order valence-corrected chi connectivity index (χ3v) is 2.80. The van der Waals surface area contributed by atoms with Gasteiger partial charge in [0.1, 0.15) is 0 Å². The molecule has 1 heterocycles. The van der Waals surface area contributed by atoms with Crippen LogP contribution in [0.25, 0.3) is 5.57 Å². The van der Waals surface area contributed by atoms with Gasteiger partial charge >= 0.3 is 11.9 Å². The predicted molar refractivity (Wildman–Crippen MR) is 65.3 cm³/mol. The van der Waals surface area contributed by atoms with Gasteiger partial charge < -0.3 is 9.47 Å². The number of carbonyl (C=O) groups excluding carboxylic acids is 2. The first-order valence-electron chi connectivity index (χ1n) is 5.77. The van der Waals surface area contributed by atoms with Gasteiger partial charge in [0, 0.05) is 19.4 Å². The van der Waals surface area contributed by atoms with Crippen molar-refractivity contribution >= 4 is 17.5 Å². The van der Waals surface area contributed by atoms with E-state index in [1.54, 1.807) is 6.92 Å². The summed E-state index contributed by atoms with van der Waals surface area (Å²) in [6.07, 6.45) is 1.75. The predicted octanol–water partition coefficient (Wildman–Crippen LogP) is 2.30. The van der Waals surface area contributed by atoms with Crippen molar-refractivity contribution in [3.63, 3.8) is 0 Å². The third-order valence-electron chi connectivity index (χ3n) is 2.80. The molecule has 1 aromatic rings. The van der Waals surface area contributed by atoms with Crippen molar-refractivity contribution in [3.05, 3.63) is 42.0 Å². The Morgan fingerprint density at radius 2 is 2.00 bits per heavy atom. The molecule has 1 aliphatic rings. The highest BCUT2D eigenvalue weighted by Gasteiger charge is 2.45. The number of cyclic esters (lactones) is 1. The van der Waals surface area contributed by atoms with E-state index in [9.17, 15) is 9.59 Å². The maximum Gasteiger partial charge on any atom is 0.334 e. The number of benzene rings is 1. The quantitative estimate of drug-likeness (QED) is 0.768. The molecular weight excluding hydrogens is 232 g/mol. The van der Waals surface area contributed by atoms with Crippen LogP contribution in [-0.4, -0.2) is 17.7 Å². The van der Waals surface area contributed by atoms with Crippen molar-refractivity contribution in [2.24, 2.45) is 0 Å². The molecule has 0 saturated carbocycles. The molecule has 1 aliphatic heterocycles. The van der Waals surface area contributed by atoms with Crippen LogP contribution < -0.4 is 0 Å². The van der Waals surface area contributed by atoms with Crippen molar-refractivity contribution in [1.29, 1.82) is 0 Å². The first-order valence-corrected chi connectivity index (χ1v) is 5.77. The standard InChI is InChI=1S/C14H14O4/c1-3-14(17-10(2)15)12(9-13(16)18-14)11-7-5-4-6-8-11/h4-9H,3H2,1-2H3. The van der Waals surface area contributed by atoms with E-state index in [2.05, 4.69) is 0 Å². The summed E-state index contributed by atoms with van der Waals surface area (Å²) < 4.78 is 10.4. The van der Waals surface area contributed by atoms with Gasteiger partial charge in [-0.3, -0.25) is 4.79 Å². The normalized spacial score (nSPS) is 22.3. The van der Waals surface area contributed by atoms with Gasteiger partial charge in [0.2, 0.25) is 0 Å². The SMILES string of the molecule is CCC1(OC(C)=O)OC(=O)C=C1c1ccccc1. The van der Waals surface area contributed by atoms with E-state index in [1.165, 1.54) is 13.0 Å². The summed E-state index contributed by atoms with van der Waals surface area (Å²) in [6, 6.07) is 9.28. The van der Waals surface area contributed by atoms with Crippen LogP contribution in [0.3, 0.4) is 0 Å². The van der Waals surface area contributed by atoms with E-state index in [4.69, 9.17) is 9.47 Å². The maximum atomic E-state index is 11.5. The molecule has 0 fully saturated rings. The van der Waals surface area contributed by atoms with Gasteiger partial charge in [0.25, 0.3) is 5.79 Å². The van der Waals surface area contributed by atoms with Crippen LogP contribution in [0.15, 0.2) is 36.4 Å². The lowest BCUT2D eigenvalue weighted by atomic mass is 9.96. The second kappa shape index (κ2) is 4.64. The monoisotopic (exact) mass is 246 g/mol. The Morgan fingerprint density at radius 1 is 1.33 bits per heavy atom. The molecular formula is C14H14O4. The number of hydrogen-bond acceptors (Lipinski definition) is 4. The highest BCUT2D eigenvalue weighted by atomic mass is 16.7. The lowest BCUT2D eigenvalue weighted by Gasteiger charge is -2.29. The number of ether oxygens (including phenoxy) is 2. The molecule has 0 bridgehead atoms. The van der Waals surface area contributed by atoms with Gasteiger partial charge in [0.05, 0.1) is 5.57 Å². The van der Waals surface area contributed by atoms with E-state index in [1.807, 2.05) is 30.3 Å². The summed E-state index contributed by atoms with van der Waals surface area (Å²) >= 11 is 0. The van der Waals surface area contributed by atoms with Crippen molar-refractivity contribution in [2.45, 2.75) is 26.1 Å². The number of esters is 2. The average molecular weight is 246 g/mol. The fraction of sp³-hybridized carbons (Fsp3) is 0.286. The largest absolute Gasteiger partial charge is 0.418 e. The Kier molecular flexibility index (Phi) is 3.19. The van der Waals surface area contributed by atoms with E-state index in [0.29, 0.717) is 12.0 Å². The molecule has 94 valence electrons. The highest BCUT2D eigenvalue weighted by Crippen LogP contribution is 2.39. The minimum Gasteiger partial charge on any atom is -0.418 e. The van der Waals surface area contributed by atoms with E-state index in [0.717, 1.165) is 5.56 Å². The van der Waals surface area contributed by atoms with Crippen molar-refractivity contribution < 1.29 is 19.1 Å². The van der Waals surface area contributed by atoms with Crippen LogP contribution in [0.1, 0.15) is 25.8 Å². The Labute approximate surface area is 105 Å². The van der Waals surface area contributed by atoms with Crippen molar-refractivity contribution in [3.8, 4) is 0 Å². The number of rotatable bonds is 3. The summed E-state index contributed by atoms with van der Waals surface area (Å²) in [5.74, 6) is -2.25. The molecule has 0 aliphatic carbocycles. The number of carbonyl (C=O) groups is 2. The van der Waals surface area contributed by atoms with Crippen LogP contribution in [0.4, 0.5) is 0 Å². The van der Waals surface area contributed by atoms with Crippen LogP contribution >= 0.6 is 0 Å². The zero-order chi connectivity index (χ0) is 13.2. The lowest BCUT2D eigenvalue weighted by molar-refractivity contribution is -0.199. The molecule has 2 rings (SSSR count). The molecule has 1 unspecified atom stereocenters. The van der Waals surface area contributed by atoms with Crippen LogP contribution in [0, 0.1) is 0 Å². The van der Waals surface area contributed by atoms with Gasteiger partial charge in [-0.25, -0.2) is 4.79 Å². The zero-order valence-electron chi connectivity index (χ0n) is 10.3. The summed E-state index contributed by atoms with van der Waals surface area (Å²) in [6.45, 7) is 3.10. The fourth-order valence-corrected chi connectivity index (χ4v) is 2.04. The Bertz CT molecular complexity index is 504. The topological polar surface area (TPSA) is 52.6 Å². The smallest absolute Gasteiger partial charge is 0.334 e. The van der Waals surface area contributed by atoms with Crippen LogP contribution in [-0.2, 0) is 19.1 Å². The average Bonchev–Trinajstić information content (AvgIpc) is 2.67. The minimum absolute atomic E-state index is 0.374. The third kappa shape index (κ3) is 2.14. The molecule has 0 radical (unpaired) electrons. The van der Waals surface area contributed by atoms with E-state index >= 15 is 0 Å². The molecule has 0 aromatic heterocycles. The second-order valence-electron chi connectivity index (χ2n) is 4.05. The van der Waals surface area contributed by atoms with Crippen molar-refractivity contribution in [2.75, 3.05) is 0 Å². The van der Waals surface area contributed by atoms with Gasteiger partial charge in [-0.05, 0) is 5.56 Å². The van der Waals surface area contributed by atoms with E-state index < -0.39 is 17.7 Å². The molecule has 4 nitrogen and oxygen atoms in total. The minimum atomic E-state index is -1.29. The maximum absolute atomic E-state index is 11.5. The summed E-state index contributed by atoms with van der Waals surface area (Å²) in [5.41, 5.74) is 1.40. The summed E-state index contributed by atoms with van der Waals surface area (Å²) in [7, 11) is 0. The first-order chi connectivity index (χ1) is 8.57. The molecule has 18 heavy (non-hydrogen) atoms. The Morgan fingerprint density at radius 3 is 2.56 bits per heavy atom. The number of hydrogen-bond donors (Lipinski definition) is 0. The Balaban J connectivity index is 2.45. The molecule has 4 heteroatoms. The van der Waals surface area contributed by atoms with E-state index in [-0.39, 0.29) is 0 Å². The second-order valence-corrected chi connectivity index (χ2v) is 4.05. The molecule has 0 saturated heterocycles. The lowest BCUT2D eigenvalue weighted by Crippen LogP contribution is -2.36. The van der Waals surface area contributed by atoms with Gasteiger partial charge in [-0.1, -0.05) is 37.3 Å². The van der Waals surface area contributed by atoms with Gasteiger partial charge in [-0.2, -0.15) is 0 Å². The fourth-order valence-electron chi connectivity index (χ4n) is 2.04. The highest BCUT2D eigenvalue weighted by molar-refractivity contribution is 5.98. The first kappa shape index (κ1) is 12.4.